The summed E-state index contributed by atoms with van der Waals surface area (Å²) in [5.74, 6) is 1.15. The van der Waals surface area contributed by atoms with Crippen LogP contribution in [0.3, 0.4) is 0 Å². The Morgan fingerprint density at radius 2 is 2.13 bits per heavy atom. The van der Waals surface area contributed by atoms with Gasteiger partial charge in [0.15, 0.2) is 0 Å². The molecule has 4 nitrogen and oxygen atoms in total. The number of thioether (sulfide) groups is 1. The highest BCUT2D eigenvalue weighted by Gasteiger charge is 2.15. The Balaban J connectivity index is 2.11. The number of nitro groups is 1. The van der Waals surface area contributed by atoms with Gasteiger partial charge < -0.3 is 5.32 Å². The SMILES string of the molecule is O=[N+]([O-])c1ccc(C2NCCCS2)cc1. The largest absolute Gasteiger partial charge is 0.302 e. The van der Waals surface area contributed by atoms with Gasteiger partial charge >= 0.3 is 0 Å². The van der Waals surface area contributed by atoms with E-state index in [1.807, 2.05) is 23.9 Å². The summed E-state index contributed by atoms with van der Waals surface area (Å²) in [6.07, 6.45) is 1.19. The lowest BCUT2D eigenvalue weighted by Gasteiger charge is -2.23. The molecule has 0 radical (unpaired) electrons. The van der Waals surface area contributed by atoms with E-state index < -0.39 is 0 Å². The molecule has 0 bridgehead atoms. The van der Waals surface area contributed by atoms with Crippen molar-refractivity contribution in [2.45, 2.75) is 11.8 Å². The number of rotatable bonds is 2. The third-order valence-electron chi connectivity index (χ3n) is 2.34. The molecule has 1 aromatic rings. The van der Waals surface area contributed by atoms with E-state index in [0.717, 1.165) is 17.9 Å². The molecule has 1 N–H and O–H groups in total. The molecule has 1 atom stereocenters. The van der Waals surface area contributed by atoms with Crippen molar-refractivity contribution in [2.24, 2.45) is 0 Å². The Hall–Kier alpha value is -1.07. The predicted molar refractivity (Wildman–Crippen MR) is 60.9 cm³/mol. The number of nitro benzene ring substituents is 1. The molecule has 0 aromatic heterocycles. The van der Waals surface area contributed by atoms with Gasteiger partial charge in [-0.25, -0.2) is 0 Å². The first kappa shape index (κ1) is 10.4. The summed E-state index contributed by atoms with van der Waals surface area (Å²) in [6.45, 7) is 1.02. The molecule has 1 unspecified atom stereocenters. The van der Waals surface area contributed by atoms with Crippen molar-refractivity contribution in [1.82, 2.24) is 5.32 Å². The molecule has 1 saturated heterocycles. The minimum absolute atomic E-state index is 0.152. The molecular weight excluding hydrogens is 212 g/mol. The third kappa shape index (κ3) is 2.49. The number of hydrogen-bond acceptors (Lipinski definition) is 4. The van der Waals surface area contributed by atoms with Crippen LogP contribution in [0.2, 0.25) is 0 Å². The van der Waals surface area contributed by atoms with Gasteiger partial charge in [0, 0.05) is 12.1 Å². The first-order valence-corrected chi connectivity index (χ1v) is 5.91. The normalized spacial score (nSPS) is 21.2. The molecule has 5 heteroatoms. The molecule has 1 aliphatic heterocycles. The molecule has 0 aliphatic carbocycles. The second kappa shape index (κ2) is 4.63. The third-order valence-corrected chi connectivity index (χ3v) is 3.64. The fourth-order valence-electron chi connectivity index (χ4n) is 1.55. The zero-order valence-electron chi connectivity index (χ0n) is 8.18. The van der Waals surface area contributed by atoms with Gasteiger partial charge in [0.05, 0.1) is 10.3 Å². The zero-order chi connectivity index (χ0) is 10.7. The Labute approximate surface area is 92.2 Å². The average molecular weight is 224 g/mol. The van der Waals surface area contributed by atoms with Crippen molar-refractivity contribution in [1.29, 1.82) is 0 Å². The van der Waals surface area contributed by atoms with Crippen LogP contribution in [0.5, 0.6) is 0 Å². The second-order valence-corrected chi connectivity index (χ2v) is 4.62. The summed E-state index contributed by atoms with van der Waals surface area (Å²) < 4.78 is 0. The maximum atomic E-state index is 10.5. The van der Waals surface area contributed by atoms with E-state index >= 15 is 0 Å². The van der Waals surface area contributed by atoms with Gasteiger partial charge in [-0.15, -0.1) is 11.8 Å². The highest BCUT2D eigenvalue weighted by molar-refractivity contribution is 7.99. The fourth-order valence-corrected chi connectivity index (χ4v) is 2.68. The van der Waals surface area contributed by atoms with Crippen molar-refractivity contribution in [3.05, 3.63) is 39.9 Å². The maximum Gasteiger partial charge on any atom is 0.269 e. The van der Waals surface area contributed by atoms with Crippen LogP contribution in [0.15, 0.2) is 24.3 Å². The van der Waals surface area contributed by atoms with Crippen LogP contribution in [0.25, 0.3) is 0 Å². The zero-order valence-corrected chi connectivity index (χ0v) is 9.00. The topological polar surface area (TPSA) is 55.2 Å². The summed E-state index contributed by atoms with van der Waals surface area (Å²) in [7, 11) is 0. The molecule has 0 saturated carbocycles. The number of hydrogen-bond donors (Lipinski definition) is 1. The van der Waals surface area contributed by atoms with E-state index in [4.69, 9.17) is 0 Å². The van der Waals surface area contributed by atoms with E-state index in [1.54, 1.807) is 12.1 Å². The van der Waals surface area contributed by atoms with Crippen molar-refractivity contribution < 1.29 is 4.92 Å². The molecule has 1 heterocycles. The predicted octanol–water partition coefficient (Wildman–Crippen LogP) is 2.32. The summed E-state index contributed by atoms with van der Waals surface area (Å²) in [6, 6.07) is 6.78. The molecule has 1 fully saturated rings. The van der Waals surface area contributed by atoms with Gasteiger partial charge in [-0.05, 0) is 36.4 Å². The summed E-state index contributed by atoms with van der Waals surface area (Å²) in [4.78, 5) is 10.1. The Morgan fingerprint density at radius 3 is 2.67 bits per heavy atom. The number of non-ortho nitro benzene ring substituents is 1. The fraction of sp³-hybridized carbons (Fsp3) is 0.400. The van der Waals surface area contributed by atoms with E-state index in [1.165, 1.54) is 6.42 Å². The molecule has 0 spiro atoms. The standard InChI is InChI=1S/C10H12N2O2S/c13-12(14)9-4-2-8(3-5-9)10-11-6-1-7-15-10/h2-5,10-11H,1,6-7H2. The first-order chi connectivity index (χ1) is 7.27. The van der Waals surface area contributed by atoms with E-state index in [2.05, 4.69) is 5.32 Å². The van der Waals surface area contributed by atoms with Crippen molar-refractivity contribution >= 4 is 17.4 Å². The molecule has 2 rings (SSSR count). The highest BCUT2D eigenvalue weighted by Crippen LogP contribution is 2.30. The molecule has 15 heavy (non-hydrogen) atoms. The number of nitrogens with zero attached hydrogens (tertiary/aromatic N) is 1. The van der Waals surface area contributed by atoms with Crippen molar-refractivity contribution in [2.75, 3.05) is 12.3 Å². The smallest absolute Gasteiger partial charge is 0.269 e. The summed E-state index contributed by atoms with van der Waals surface area (Å²) in [5, 5.41) is 14.1. The lowest BCUT2D eigenvalue weighted by molar-refractivity contribution is -0.384. The molecule has 1 aromatic carbocycles. The number of nitrogens with one attached hydrogen (secondary N) is 1. The monoisotopic (exact) mass is 224 g/mol. The van der Waals surface area contributed by atoms with Crippen LogP contribution in [-0.4, -0.2) is 17.2 Å². The molecular formula is C10H12N2O2S. The van der Waals surface area contributed by atoms with Crippen LogP contribution in [0, 0.1) is 10.1 Å². The van der Waals surface area contributed by atoms with Gasteiger partial charge in [0.25, 0.3) is 5.69 Å². The highest BCUT2D eigenvalue weighted by atomic mass is 32.2. The Morgan fingerprint density at radius 1 is 1.40 bits per heavy atom. The van der Waals surface area contributed by atoms with E-state index in [0.29, 0.717) is 5.37 Å². The van der Waals surface area contributed by atoms with Crippen LogP contribution in [0.1, 0.15) is 17.4 Å². The quantitative estimate of drug-likeness (QED) is 0.618. The van der Waals surface area contributed by atoms with E-state index in [9.17, 15) is 10.1 Å². The van der Waals surface area contributed by atoms with Crippen molar-refractivity contribution in [3.63, 3.8) is 0 Å². The number of benzene rings is 1. The van der Waals surface area contributed by atoms with Crippen LogP contribution in [-0.2, 0) is 0 Å². The van der Waals surface area contributed by atoms with E-state index in [-0.39, 0.29) is 10.6 Å². The van der Waals surface area contributed by atoms with Gasteiger partial charge in [0.1, 0.15) is 0 Å². The Kier molecular flexibility index (Phi) is 3.23. The Bertz CT molecular complexity index is 347. The lowest BCUT2D eigenvalue weighted by atomic mass is 10.2. The van der Waals surface area contributed by atoms with Gasteiger partial charge in [-0.2, -0.15) is 0 Å². The van der Waals surface area contributed by atoms with Gasteiger partial charge in [-0.1, -0.05) is 0 Å². The first-order valence-electron chi connectivity index (χ1n) is 4.87. The molecule has 1 aliphatic rings. The van der Waals surface area contributed by atoms with Crippen LogP contribution >= 0.6 is 11.8 Å². The summed E-state index contributed by atoms with van der Waals surface area (Å²) >= 11 is 1.85. The van der Waals surface area contributed by atoms with Crippen LogP contribution in [0.4, 0.5) is 5.69 Å². The average Bonchev–Trinajstić information content (AvgIpc) is 2.30. The summed E-state index contributed by atoms with van der Waals surface area (Å²) in [5.41, 5.74) is 1.27. The molecule has 0 amide bonds. The molecule has 80 valence electrons. The second-order valence-electron chi connectivity index (χ2n) is 3.41. The minimum atomic E-state index is -0.370. The van der Waals surface area contributed by atoms with Gasteiger partial charge in [0.2, 0.25) is 0 Å². The minimum Gasteiger partial charge on any atom is -0.302 e. The maximum absolute atomic E-state index is 10.5. The van der Waals surface area contributed by atoms with Gasteiger partial charge in [-0.3, -0.25) is 10.1 Å². The van der Waals surface area contributed by atoms with Crippen LogP contribution < -0.4 is 5.32 Å². The lowest BCUT2D eigenvalue weighted by Crippen LogP contribution is -2.25. The van der Waals surface area contributed by atoms with Crippen molar-refractivity contribution in [3.8, 4) is 0 Å².